The summed E-state index contributed by atoms with van der Waals surface area (Å²) >= 11 is 0. The molecule has 0 spiro atoms. The molecule has 6 heteroatoms. The van der Waals surface area contributed by atoms with Gasteiger partial charge in [0.2, 0.25) is 0 Å². The van der Waals surface area contributed by atoms with Crippen LogP contribution in [0, 0.1) is 5.82 Å². The maximum absolute atomic E-state index is 13.4. The molecule has 1 fully saturated rings. The van der Waals surface area contributed by atoms with Crippen LogP contribution in [-0.2, 0) is 12.6 Å². The Kier molecular flexibility index (Phi) is 3.82. The molecule has 2 nitrogen and oxygen atoms in total. The number of aliphatic hydroxyl groups is 1. The van der Waals surface area contributed by atoms with E-state index in [2.05, 4.69) is 5.32 Å². The maximum atomic E-state index is 13.4. The Hall–Kier alpha value is -1.14. The van der Waals surface area contributed by atoms with Crippen LogP contribution in [0.4, 0.5) is 17.6 Å². The molecule has 19 heavy (non-hydrogen) atoms. The van der Waals surface area contributed by atoms with E-state index in [1.807, 2.05) is 0 Å². The van der Waals surface area contributed by atoms with Crippen LogP contribution in [0.25, 0.3) is 0 Å². The van der Waals surface area contributed by atoms with Gasteiger partial charge in [-0.3, -0.25) is 0 Å². The van der Waals surface area contributed by atoms with Crippen molar-refractivity contribution in [2.24, 2.45) is 0 Å². The lowest BCUT2D eigenvalue weighted by molar-refractivity contribution is -0.140. The van der Waals surface area contributed by atoms with Gasteiger partial charge in [-0.1, -0.05) is 6.07 Å². The van der Waals surface area contributed by atoms with Crippen LogP contribution in [0.3, 0.4) is 0 Å². The number of alkyl halides is 3. The Labute approximate surface area is 108 Å². The van der Waals surface area contributed by atoms with Crippen LogP contribution in [0.5, 0.6) is 0 Å². The van der Waals surface area contributed by atoms with Gasteiger partial charge in [0, 0.05) is 13.0 Å². The van der Waals surface area contributed by atoms with Crippen molar-refractivity contribution in [1.29, 1.82) is 0 Å². The van der Waals surface area contributed by atoms with Gasteiger partial charge < -0.3 is 10.4 Å². The summed E-state index contributed by atoms with van der Waals surface area (Å²) in [5.41, 5.74) is -1.91. The van der Waals surface area contributed by atoms with Gasteiger partial charge in [-0.25, -0.2) is 4.39 Å². The fourth-order valence-electron chi connectivity index (χ4n) is 2.38. The molecule has 0 aromatic heterocycles. The average molecular weight is 277 g/mol. The van der Waals surface area contributed by atoms with E-state index >= 15 is 0 Å². The number of nitrogens with one attached hydrogen (secondary N) is 1. The van der Waals surface area contributed by atoms with Gasteiger partial charge in [-0.15, -0.1) is 0 Å². The smallest absolute Gasteiger partial charge is 0.388 e. The minimum absolute atomic E-state index is 0.148. The van der Waals surface area contributed by atoms with Crippen LogP contribution < -0.4 is 5.32 Å². The number of β-amino-alcohol motifs (C(OH)–C–C–N with tert-alkyl or cyclic N) is 1. The minimum Gasteiger partial charge on any atom is -0.388 e. The highest BCUT2D eigenvalue weighted by Crippen LogP contribution is 2.32. The molecule has 1 aromatic carbocycles. The normalized spacial score (nSPS) is 24.5. The molecular formula is C13H15F4NO. The summed E-state index contributed by atoms with van der Waals surface area (Å²) < 4.78 is 50.7. The number of rotatable bonds is 2. The zero-order valence-corrected chi connectivity index (χ0v) is 10.2. The Balaban J connectivity index is 2.16. The molecule has 0 saturated carbocycles. The molecular weight excluding hydrogens is 262 g/mol. The van der Waals surface area contributed by atoms with E-state index in [1.54, 1.807) is 0 Å². The molecule has 0 amide bonds. The molecule has 106 valence electrons. The van der Waals surface area contributed by atoms with E-state index < -0.39 is 23.2 Å². The lowest BCUT2D eigenvalue weighted by Gasteiger charge is -2.32. The summed E-state index contributed by atoms with van der Waals surface area (Å²) in [6, 6.07) is 2.80. The number of halogens is 4. The second kappa shape index (κ2) is 5.09. The summed E-state index contributed by atoms with van der Waals surface area (Å²) in [7, 11) is 0. The van der Waals surface area contributed by atoms with E-state index in [1.165, 1.54) is 6.07 Å². The lowest BCUT2D eigenvalue weighted by atomic mass is 9.87. The standard InChI is InChI=1S/C13H15F4NO/c14-11-6-9(2-3-10(11)13(15,16)17)7-12(19)4-1-5-18-8-12/h2-3,6,18-19H,1,4-5,7-8H2. The summed E-state index contributed by atoms with van der Waals surface area (Å²) in [5.74, 6) is -1.29. The van der Waals surface area contributed by atoms with Gasteiger partial charge in [-0.05, 0) is 37.1 Å². The van der Waals surface area contributed by atoms with Gasteiger partial charge in [0.25, 0.3) is 0 Å². The van der Waals surface area contributed by atoms with Crippen molar-refractivity contribution in [2.45, 2.75) is 31.0 Å². The third kappa shape index (κ3) is 3.45. The Bertz CT molecular complexity index is 452. The zero-order valence-electron chi connectivity index (χ0n) is 10.2. The molecule has 0 aliphatic carbocycles. The number of piperidine rings is 1. The van der Waals surface area contributed by atoms with Crippen molar-refractivity contribution >= 4 is 0 Å². The summed E-state index contributed by atoms with van der Waals surface area (Å²) in [6.45, 7) is 1.18. The topological polar surface area (TPSA) is 32.3 Å². The molecule has 2 rings (SSSR count). The van der Waals surface area contributed by atoms with E-state index in [4.69, 9.17) is 0 Å². The first-order chi connectivity index (χ1) is 8.80. The predicted molar refractivity (Wildman–Crippen MR) is 62.2 cm³/mol. The van der Waals surface area contributed by atoms with Gasteiger partial charge in [0.05, 0.1) is 11.2 Å². The monoisotopic (exact) mass is 277 g/mol. The molecule has 1 saturated heterocycles. The zero-order chi connectivity index (χ0) is 14.1. The van der Waals surface area contributed by atoms with Crippen LogP contribution in [0.1, 0.15) is 24.0 Å². The van der Waals surface area contributed by atoms with Crippen molar-refractivity contribution < 1.29 is 22.7 Å². The molecule has 1 aliphatic heterocycles. The van der Waals surface area contributed by atoms with Crippen molar-refractivity contribution in [3.63, 3.8) is 0 Å². The summed E-state index contributed by atoms with van der Waals surface area (Å²) in [6.07, 6.45) is -3.19. The molecule has 1 unspecified atom stereocenters. The largest absolute Gasteiger partial charge is 0.419 e. The molecule has 1 aromatic rings. The fourth-order valence-corrected chi connectivity index (χ4v) is 2.38. The van der Waals surface area contributed by atoms with E-state index in [0.29, 0.717) is 18.5 Å². The average Bonchev–Trinajstić information content (AvgIpc) is 2.27. The van der Waals surface area contributed by atoms with Gasteiger partial charge >= 0.3 is 6.18 Å². The predicted octanol–water partition coefficient (Wildman–Crippen LogP) is 2.50. The van der Waals surface area contributed by atoms with Crippen molar-refractivity contribution in [3.05, 3.63) is 35.1 Å². The highest BCUT2D eigenvalue weighted by Gasteiger charge is 2.35. The van der Waals surface area contributed by atoms with Crippen molar-refractivity contribution in [2.75, 3.05) is 13.1 Å². The molecule has 0 bridgehead atoms. The third-order valence-electron chi connectivity index (χ3n) is 3.32. The van der Waals surface area contributed by atoms with Crippen LogP contribution >= 0.6 is 0 Å². The van der Waals surface area contributed by atoms with Crippen molar-refractivity contribution in [1.82, 2.24) is 5.32 Å². The summed E-state index contributed by atoms with van der Waals surface area (Å²) in [4.78, 5) is 0. The number of hydrogen-bond donors (Lipinski definition) is 2. The van der Waals surface area contributed by atoms with Crippen LogP contribution in [-0.4, -0.2) is 23.8 Å². The molecule has 0 radical (unpaired) electrons. The second-order valence-electron chi connectivity index (χ2n) is 4.99. The first kappa shape index (κ1) is 14.3. The minimum atomic E-state index is -4.69. The third-order valence-corrected chi connectivity index (χ3v) is 3.32. The molecule has 2 N–H and O–H groups in total. The van der Waals surface area contributed by atoms with Crippen LogP contribution in [0.2, 0.25) is 0 Å². The Morgan fingerprint density at radius 1 is 1.32 bits per heavy atom. The Morgan fingerprint density at radius 3 is 2.58 bits per heavy atom. The van der Waals surface area contributed by atoms with Gasteiger partial charge in [0.1, 0.15) is 5.82 Å². The van der Waals surface area contributed by atoms with Crippen LogP contribution in [0.15, 0.2) is 18.2 Å². The molecule has 1 atom stereocenters. The van der Waals surface area contributed by atoms with Crippen molar-refractivity contribution in [3.8, 4) is 0 Å². The van der Waals surface area contributed by atoms with E-state index in [9.17, 15) is 22.7 Å². The highest BCUT2D eigenvalue weighted by molar-refractivity contribution is 5.27. The number of benzene rings is 1. The second-order valence-corrected chi connectivity index (χ2v) is 4.99. The Morgan fingerprint density at radius 2 is 2.05 bits per heavy atom. The quantitative estimate of drug-likeness (QED) is 0.814. The van der Waals surface area contributed by atoms with Gasteiger partial charge in [-0.2, -0.15) is 13.2 Å². The maximum Gasteiger partial charge on any atom is 0.419 e. The molecule has 1 heterocycles. The first-order valence-electron chi connectivity index (χ1n) is 6.09. The fraction of sp³-hybridized carbons (Fsp3) is 0.538. The first-order valence-corrected chi connectivity index (χ1v) is 6.09. The van der Waals surface area contributed by atoms with E-state index in [-0.39, 0.29) is 6.42 Å². The highest BCUT2D eigenvalue weighted by atomic mass is 19.4. The number of hydrogen-bond acceptors (Lipinski definition) is 2. The van der Waals surface area contributed by atoms with Gasteiger partial charge in [0.15, 0.2) is 0 Å². The SMILES string of the molecule is OC1(Cc2ccc(C(F)(F)F)c(F)c2)CCCNC1. The molecule has 1 aliphatic rings. The lowest BCUT2D eigenvalue weighted by Crippen LogP contribution is -2.47. The summed E-state index contributed by atoms with van der Waals surface area (Å²) in [5, 5.41) is 13.3. The van der Waals surface area contributed by atoms with E-state index in [0.717, 1.165) is 25.1 Å².